The monoisotopic (exact) mass is 218 g/mol. The maximum absolute atomic E-state index is 10.2. The molecule has 0 bridgehead atoms. The van der Waals surface area contributed by atoms with Crippen molar-refractivity contribution in [3.05, 3.63) is 42.7 Å². The van der Waals surface area contributed by atoms with Crippen LogP contribution >= 0.6 is 0 Å². The van der Waals surface area contributed by atoms with E-state index in [-0.39, 0.29) is 5.97 Å². The van der Waals surface area contributed by atoms with E-state index in [0.717, 1.165) is 11.0 Å². The number of H-pyrrole nitrogens is 1. The topological polar surface area (TPSA) is 55.0 Å². The highest BCUT2D eigenvalue weighted by atomic mass is 16.5. The zero-order valence-electron chi connectivity index (χ0n) is 9.36. The fraction of sp³-hybridized carbons (Fsp3) is 0.167. The molecule has 16 heavy (non-hydrogen) atoms. The van der Waals surface area contributed by atoms with Crippen molar-refractivity contribution in [2.24, 2.45) is 0 Å². The number of aromatic nitrogens is 2. The predicted octanol–water partition coefficient (Wildman–Crippen LogP) is 2.30. The quantitative estimate of drug-likeness (QED) is 0.590. The van der Waals surface area contributed by atoms with Gasteiger partial charge in [-0.2, -0.15) is 0 Å². The summed E-state index contributed by atoms with van der Waals surface area (Å²) in [6, 6.07) is 7.94. The molecule has 1 aromatic carbocycles. The number of carbonyl (C=O) groups is 1. The lowest BCUT2D eigenvalue weighted by Crippen LogP contribution is -1.98. The van der Waals surface area contributed by atoms with Crippen molar-refractivity contribution in [1.82, 2.24) is 9.97 Å². The molecule has 1 aromatic heterocycles. The number of imidazole rings is 1. The van der Waals surface area contributed by atoms with Crippen molar-refractivity contribution in [2.45, 2.75) is 6.92 Å². The zero-order chi connectivity index (χ0) is 12.0. The molecule has 0 fully saturated rings. The van der Waals surface area contributed by atoms with E-state index in [2.05, 4.69) is 21.3 Å². The van der Waals surface area contributed by atoms with Crippen molar-refractivity contribution in [2.75, 3.05) is 7.11 Å². The highest BCUT2D eigenvalue weighted by Gasteiger charge is 1.95. The van der Waals surface area contributed by atoms with Crippen molar-refractivity contribution < 1.29 is 9.53 Å². The predicted molar refractivity (Wildman–Crippen MR) is 62.9 cm³/mol. The summed E-state index contributed by atoms with van der Waals surface area (Å²) in [4.78, 5) is 17.3. The van der Waals surface area contributed by atoms with Crippen LogP contribution in [-0.2, 0) is 9.53 Å². The number of nitrogens with one attached hydrogen (secondary N) is 1. The normalized spacial score (nSPS) is 9.12. The van der Waals surface area contributed by atoms with E-state index in [1.54, 1.807) is 13.3 Å². The summed E-state index contributed by atoms with van der Waals surface area (Å²) in [6.07, 6.45) is 1.70. The van der Waals surface area contributed by atoms with Gasteiger partial charge in [0, 0.05) is 5.57 Å². The summed E-state index contributed by atoms with van der Waals surface area (Å²) in [5.74, 6) is -0.347. The summed E-state index contributed by atoms with van der Waals surface area (Å²) < 4.78 is 4.27. The van der Waals surface area contributed by atoms with Crippen LogP contribution in [0, 0.1) is 0 Å². The second kappa shape index (κ2) is 5.70. The Bertz CT molecular complexity index is 458. The molecule has 0 aliphatic rings. The Kier molecular flexibility index (Phi) is 4.27. The molecule has 4 heteroatoms. The number of rotatable bonds is 1. The number of carbonyl (C=O) groups excluding carboxylic acids is 1. The van der Waals surface area contributed by atoms with E-state index < -0.39 is 0 Å². The molecule has 0 radical (unpaired) electrons. The summed E-state index contributed by atoms with van der Waals surface area (Å²) in [5, 5.41) is 0. The Hall–Kier alpha value is -2.10. The van der Waals surface area contributed by atoms with Crippen LogP contribution in [0.25, 0.3) is 11.0 Å². The third kappa shape index (κ3) is 3.24. The molecule has 4 nitrogen and oxygen atoms in total. The van der Waals surface area contributed by atoms with Gasteiger partial charge in [0.05, 0.1) is 24.5 Å². The number of para-hydroxylation sites is 2. The van der Waals surface area contributed by atoms with Crippen molar-refractivity contribution in [3.8, 4) is 0 Å². The number of nitrogens with zero attached hydrogens (tertiary/aromatic N) is 1. The summed E-state index contributed by atoms with van der Waals surface area (Å²) in [5.41, 5.74) is 2.55. The Morgan fingerprint density at radius 2 is 2.12 bits per heavy atom. The molecular formula is C12H14N2O2. The van der Waals surface area contributed by atoms with Gasteiger partial charge in [0.25, 0.3) is 0 Å². The molecule has 84 valence electrons. The van der Waals surface area contributed by atoms with Crippen LogP contribution < -0.4 is 0 Å². The molecule has 0 amide bonds. The first kappa shape index (κ1) is 12.0. The minimum atomic E-state index is -0.347. The number of benzene rings is 1. The second-order valence-corrected chi connectivity index (χ2v) is 3.19. The molecule has 0 unspecified atom stereocenters. The minimum absolute atomic E-state index is 0.347. The molecule has 0 saturated heterocycles. The molecule has 2 rings (SSSR count). The highest BCUT2D eigenvalue weighted by Crippen LogP contribution is 2.05. The van der Waals surface area contributed by atoms with Crippen molar-refractivity contribution in [1.29, 1.82) is 0 Å². The third-order valence-corrected chi connectivity index (χ3v) is 1.86. The van der Waals surface area contributed by atoms with E-state index in [9.17, 15) is 4.79 Å². The van der Waals surface area contributed by atoms with Crippen molar-refractivity contribution in [3.63, 3.8) is 0 Å². The first-order chi connectivity index (χ1) is 7.65. The van der Waals surface area contributed by atoms with Gasteiger partial charge in [-0.05, 0) is 19.1 Å². The largest absolute Gasteiger partial charge is 0.466 e. The van der Waals surface area contributed by atoms with Gasteiger partial charge in [-0.15, -0.1) is 0 Å². The third-order valence-electron chi connectivity index (χ3n) is 1.86. The van der Waals surface area contributed by atoms with Crippen LogP contribution in [0.15, 0.2) is 42.7 Å². The number of methoxy groups -OCH3 is 1. The Morgan fingerprint density at radius 3 is 2.62 bits per heavy atom. The maximum Gasteiger partial charge on any atom is 0.332 e. The summed E-state index contributed by atoms with van der Waals surface area (Å²) in [7, 11) is 1.33. The molecule has 0 saturated carbocycles. The standard InChI is InChI=1S/C7H6N2.C5H8O2/c1-2-4-7-6(3-1)8-5-9-7;1-4(2)5(6)7-3/h1-5H,(H,8,9);1H2,2-3H3. The van der Waals surface area contributed by atoms with E-state index in [0.29, 0.717) is 5.57 Å². The Morgan fingerprint density at radius 1 is 1.44 bits per heavy atom. The Balaban J connectivity index is 0.000000168. The number of esters is 1. The Labute approximate surface area is 94.0 Å². The summed E-state index contributed by atoms with van der Waals surface area (Å²) in [6.45, 7) is 4.95. The lowest BCUT2D eigenvalue weighted by atomic mass is 10.3. The van der Waals surface area contributed by atoms with Crippen LogP contribution in [0.2, 0.25) is 0 Å². The smallest absolute Gasteiger partial charge is 0.332 e. The SMILES string of the molecule is C=C(C)C(=O)OC.c1ccc2[nH]cnc2c1. The number of hydrogen-bond acceptors (Lipinski definition) is 3. The minimum Gasteiger partial charge on any atom is -0.466 e. The average Bonchev–Trinajstić information content (AvgIpc) is 2.76. The second-order valence-electron chi connectivity index (χ2n) is 3.19. The van der Waals surface area contributed by atoms with Crippen LogP contribution in [0.1, 0.15) is 6.92 Å². The van der Waals surface area contributed by atoms with E-state index in [1.807, 2.05) is 24.3 Å². The molecule has 0 atom stereocenters. The van der Waals surface area contributed by atoms with Crippen molar-refractivity contribution >= 4 is 17.0 Å². The van der Waals surface area contributed by atoms with Crippen LogP contribution in [0.4, 0.5) is 0 Å². The van der Waals surface area contributed by atoms with Gasteiger partial charge in [0.2, 0.25) is 0 Å². The van der Waals surface area contributed by atoms with Gasteiger partial charge in [-0.1, -0.05) is 18.7 Å². The van der Waals surface area contributed by atoms with Gasteiger partial charge in [-0.25, -0.2) is 9.78 Å². The molecule has 0 spiro atoms. The van der Waals surface area contributed by atoms with Gasteiger partial charge >= 0.3 is 5.97 Å². The summed E-state index contributed by atoms with van der Waals surface area (Å²) >= 11 is 0. The molecule has 1 N–H and O–H groups in total. The molecule has 1 heterocycles. The number of ether oxygens (including phenoxy) is 1. The number of hydrogen-bond donors (Lipinski definition) is 1. The van der Waals surface area contributed by atoms with Gasteiger partial charge < -0.3 is 9.72 Å². The number of fused-ring (bicyclic) bond motifs is 1. The van der Waals surface area contributed by atoms with Gasteiger partial charge in [0.15, 0.2) is 0 Å². The van der Waals surface area contributed by atoms with Crippen LogP contribution in [-0.4, -0.2) is 23.0 Å². The molecule has 0 aliphatic heterocycles. The fourth-order valence-corrected chi connectivity index (χ4v) is 1.05. The van der Waals surface area contributed by atoms with E-state index >= 15 is 0 Å². The fourth-order valence-electron chi connectivity index (χ4n) is 1.05. The highest BCUT2D eigenvalue weighted by molar-refractivity contribution is 5.86. The molecular weight excluding hydrogens is 204 g/mol. The lowest BCUT2D eigenvalue weighted by molar-refractivity contribution is -0.136. The first-order valence-electron chi connectivity index (χ1n) is 4.77. The van der Waals surface area contributed by atoms with Gasteiger partial charge in [-0.3, -0.25) is 0 Å². The van der Waals surface area contributed by atoms with Crippen LogP contribution in [0.5, 0.6) is 0 Å². The number of aromatic amines is 1. The lowest BCUT2D eigenvalue weighted by Gasteiger charge is -1.91. The zero-order valence-corrected chi connectivity index (χ0v) is 9.36. The molecule has 0 aliphatic carbocycles. The van der Waals surface area contributed by atoms with Crippen LogP contribution in [0.3, 0.4) is 0 Å². The maximum atomic E-state index is 10.2. The van der Waals surface area contributed by atoms with Gasteiger partial charge in [0.1, 0.15) is 0 Å². The average molecular weight is 218 g/mol. The molecule has 2 aromatic rings. The first-order valence-corrected chi connectivity index (χ1v) is 4.77. The van der Waals surface area contributed by atoms with E-state index in [4.69, 9.17) is 0 Å². The van der Waals surface area contributed by atoms with E-state index in [1.165, 1.54) is 7.11 Å².